The molecule has 0 spiro atoms. The molecular weight excluding hydrogens is 354 g/mol. The Hall–Kier alpha value is -2.34. The number of furan rings is 1. The molecule has 1 N–H and O–H groups in total. The van der Waals surface area contributed by atoms with Crippen molar-refractivity contribution in [1.82, 2.24) is 15.5 Å². The number of amides is 1. The van der Waals surface area contributed by atoms with Crippen LogP contribution in [0.25, 0.3) is 11.0 Å². The Balaban J connectivity index is 1.66. The van der Waals surface area contributed by atoms with Crippen molar-refractivity contribution in [3.05, 3.63) is 46.8 Å². The van der Waals surface area contributed by atoms with Gasteiger partial charge in [0.25, 0.3) is 5.91 Å². The number of nitrogens with zero attached hydrogens (tertiary/aromatic N) is 2. The standard InChI is InChI=1S/C19H20ClN3O3/c1-12-21-18(23-26-12)19(8-4-2-3-5-9-19)22-17(24)16-11-13-10-14(20)6-7-15(13)25-16/h6-7,10-11H,2-5,8-9H2,1H3,(H,22,24). The van der Waals surface area contributed by atoms with E-state index in [2.05, 4.69) is 15.5 Å². The lowest BCUT2D eigenvalue weighted by atomic mass is 9.89. The Kier molecular flexibility index (Phi) is 4.44. The number of nitrogens with one attached hydrogen (secondary N) is 1. The molecule has 1 fully saturated rings. The monoisotopic (exact) mass is 373 g/mol. The molecule has 4 rings (SSSR count). The summed E-state index contributed by atoms with van der Waals surface area (Å²) in [6, 6.07) is 6.99. The average Bonchev–Trinajstić information content (AvgIpc) is 3.16. The smallest absolute Gasteiger partial charge is 0.287 e. The van der Waals surface area contributed by atoms with Gasteiger partial charge in [-0.05, 0) is 37.1 Å². The van der Waals surface area contributed by atoms with Crippen molar-refractivity contribution in [1.29, 1.82) is 0 Å². The lowest BCUT2D eigenvalue weighted by molar-refractivity contribution is 0.0850. The Morgan fingerprint density at radius 1 is 1.19 bits per heavy atom. The maximum Gasteiger partial charge on any atom is 0.287 e. The summed E-state index contributed by atoms with van der Waals surface area (Å²) in [6.07, 6.45) is 5.84. The van der Waals surface area contributed by atoms with Crippen LogP contribution in [0.2, 0.25) is 5.02 Å². The molecule has 2 heterocycles. The maximum atomic E-state index is 12.9. The van der Waals surface area contributed by atoms with Gasteiger partial charge >= 0.3 is 0 Å². The lowest BCUT2D eigenvalue weighted by Gasteiger charge is -2.30. The van der Waals surface area contributed by atoms with E-state index in [1.165, 1.54) is 0 Å². The highest BCUT2D eigenvalue weighted by Crippen LogP contribution is 2.35. The Morgan fingerprint density at radius 2 is 1.96 bits per heavy atom. The number of aromatic nitrogens is 2. The highest BCUT2D eigenvalue weighted by atomic mass is 35.5. The van der Waals surface area contributed by atoms with Gasteiger partial charge in [0.05, 0.1) is 0 Å². The van der Waals surface area contributed by atoms with E-state index in [0.29, 0.717) is 22.3 Å². The molecule has 0 unspecified atom stereocenters. The molecule has 2 aromatic heterocycles. The van der Waals surface area contributed by atoms with Crippen molar-refractivity contribution in [2.24, 2.45) is 0 Å². The number of carbonyl (C=O) groups excluding carboxylic acids is 1. The lowest BCUT2D eigenvalue weighted by Crippen LogP contribution is -2.46. The maximum absolute atomic E-state index is 12.9. The van der Waals surface area contributed by atoms with Crippen LogP contribution >= 0.6 is 11.6 Å². The summed E-state index contributed by atoms with van der Waals surface area (Å²) in [4.78, 5) is 17.3. The molecule has 3 aromatic rings. The third kappa shape index (κ3) is 3.21. The predicted molar refractivity (Wildman–Crippen MR) is 97.1 cm³/mol. The van der Waals surface area contributed by atoms with Crippen molar-refractivity contribution in [3.63, 3.8) is 0 Å². The summed E-state index contributed by atoms with van der Waals surface area (Å²) in [7, 11) is 0. The fourth-order valence-corrected chi connectivity index (χ4v) is 3.82. The number of carbonyl (C=O) groups is 1. The first kappa shape index (κ1) is 17.1. The third-order valence-electron chi connectivity index (χ3n) is 4.97. The Morgan fingerprint density at radius 3 is 2.65 bits per heavy atom. The first-order valence-electron chi connectivity index (χ1n) is 8.88. The van der Waals surface area contributed by atoms with Crippen molar-refractivity contribution >= 4 is 28.5 Å². The summed E-state index contributed by atoms with van der Waals surface area (Å²) in [5.41, 5.74) is 0.00646. The fraction of sp³-hybridized carbons (Fsp3) is 0.421. The molecule has 26 heavy (non-hydrogen) atoms. The van der Waals surface area contributed by atoms with E-state index in [1.807, 2.05) is 0 Å². The zero-order valence-electron chi connectivity index (χ0n) is 14.5. The minimum atomic E-state index is -0.623. The quantitative estimate of drug-likeness (QED) is 0.669. The average molecular weight is 374 g/mol. The Bertz CT molecular complexity index is 939. The summed E-state index contributed by atoms with van der Waals surface area (Å²) < 4.78 is 10.9. The second-order valence-corrected chi connectivity index (χ2v) is 7.32. The number of fused-ring (bicyclic) bond motifs is 1. The summed E-state index contributed by atoms with van der Waals surface area (Å²) >= 11 is 6.02. The van der Waals surface area contributed by atoms with Crippen LogP contribution in [0.5, 0.6) is 0 Å². The molecule has 0 radical (unpaired) electrons. The highest BCUT2D eigenvalue weighted by molar-refractivity contribution is 6.31. The normalized spacial score (nSPS) is 17.2. The van der Waals surface area contributed by atoms with Crippen LogP contribution < -0.4 is 5.32 Å². The molecular formula is C19H20ClN3O3. The number of hydrogen-bond acceptors (Lipinski definition) is 5. The van der Waals surface area contributed by atoms with Gasteiger partial charge in [-0.1, -0.05) is 42.4 Å². The molecule has 0 saturated heterocycles. The largest absolute Gasteiger partial charge is 0.451 e. The van der Waals surface area contributed by atoms with Gasteiger partial charge in [0, 0.05) is 17.3 Å². The Labute approximate surface area is 155 Å². The molecule has 1 amide bonds. The van der Waals surface area contributed by atoms with E-state index >= 15 is 0 Å². The second-order valence-electron chi connectivity index (χ2n) is 6.88. The van der Waals surface area contributed by atoms with Gasteiger partial charge in [-0.3, -0.25) is 4.79 Å². The second kappa shape index (κ2) is 6.76. The van der Waals surface area contributed by atoms with E-state index in [0.717, 1.165) is 43.9 Å². The molecule has 0 atom stereocenters. The number of rotatable bonds is 3. The van der Waals surface area contributed by atoms with Gasteiger partial charge in [-0.25, -0.2) is 0 Å². The van der Waals surface area contributed by atoms with Crippen molar-refractivity contribution in [2.45, 2.75) is 51.0 Å². The van der Waals surface area contributed by atoms with Crippen molar-refractivity contribution in [3.8, 4) is 0 Å². The molecule has 1 aliphatic carbocycles. The zero-order chi connectivity index (χ0) is 18.1. The molecule has 1 aliphatic rings. The molecule has 0 bridgehead atoms. The minimum absolute atomic E-state index is 0.256. The SMILES string of the molecule is Cc1nc(C2(NC(=O)c3cc4cc(Cl)ccc4o3)CCCCCC2)no1. The van der Waals surface area contributed by atoms with Crippen molar-refractivity contribution < 1.29 is 13.7 Å². The van der Waals surface area contributed by atoms with E-state index in [-0.39, 0.29) is 11.7 Å². The number of hydrogen-bond donors (Lipinski definition) is 1. The van der Waals surface area contributed by atoms with E-state index in [1.54, 1.807) is 31.2 Å². The third-order valence-corrected chi connectivity index (χ3v) is 5.20. The van der Waals surface area contributed by atoms with E-state index < -0.39 is 5.54 Å². The summed E-state index contributed by atoms with van der Waals surface area (Å²) in [5.74, 6) is 1.02. The van der Waals surface area contributed by atoms with Crippen LogP contribution in [0.1, 0.15) is 60.8 Å². The topological polar surface area (TPSA) is 81.2 Å². The number of aryl methyl sites for hydroxylation is 1. The molecule has 7 heteroatoms. The van der Waals surface area contributed by atoms with Gasteiger partial charge in [-0.15, -0.1) is 0 Å². The molecule has 0 aliphatic heterocycles. The van der Waals surface area contributed by atoms with Gasteiger partial charge in [0.15, 0.2) is 11.6 Å². The first-order valence-corrected chi connectivity index (χ1v) is 9.26. The highest BCUT2D eigenvalue weighted by Gasteiger charge is 2.39. The van der Waals surface area contributed by atoms with Gasteiger partial charge < -0.3 is 14.3 Å². The fourth-order valence-electron chi connectivity index (χ4n) is 3.64. The predicted octanol–water partition coefficient (Wildman–Crippen LogP) is 4.76. The minimum Gasteiger partial charge on any atom is -0.451 e. The molecule has 1 saturated carbocycles. The van der Waals surface area contributed by atoms with Gasteiger partial charge in [-0.2, -0.15) is 4.98 Å². The molecule has 6 nitrogen and oxygen atoms in total. The van der Waals surface area contributed by atoms with E-state index in [4.69, 9.17) is 20.5 Å². The van der Waals surface area contributed by atoms with Gasteiger partial charge in [0.2, 0.25) is 5.89 Å². The van der Waals surface area contributed by atoms with Crippen LogP contribution in [-0.4, -0.2) is 16.0 Å². The molecule has 1 aromatic carbocycles. The number of halogens is 1. The van der Waals surface area contributed by atoms with Gasteiger partial charge in [0.1, 0.15) is 11.1 Å². The van der Waals surface area contributed by atoms with Crippen LogP contribution in [0.3, 0.4) is 0 Å². The molecule has 136 valence electrons. The van der Waals surface area contributed by atoms with E-state index in [9.17, 15) is 4.79 Å². The van der Waals surface area contributed by atoms with Crippen molar-refractivity contribution in [2.75, 3.05) is 0 Å². The summed E-state index contributed by atoms with van der Waals surface area (Å²) in [6.45, 7) is 1.76. The summed E-state index contributed by atoms with van der Waals surface area (Å²) in [5, 5.41) is 8.65. The number of benzene rings is 1. The van der Waals surface area contributed by atoms with Crippen LogP contribution in [0.4, 0.5) is 0 Å². The van der Waals surface area contributed by atoms with Crippen LogP contribution in [0, 0.1) is 6.92 Å². The van der Waals surface area contributed by atoms with Crippen LogP contribution in [-0.2, 0) is 5.54 Å². The zero-order valence-corrected chi connectivity index (χ0v) is 15.3. The van der Waals surface area contributed by atoms with Crippen LogP contribution in [0.15, 0.2) is 33.2 Å². The first-order chi connectivity index (χ1) is 12.6.